The van der Waals surface area contributed by atoms with Crippen molar-refractivity contribution >= 4 is 16.9 Å². The van der Waals surface area contributed by atoms with Gasteiger partial charge in [-0.15, -0.1) is 0 Å². The zero-order valence-corrected chi connectivity index (χ0v) is 13.0. The molecule has 0 N–H and O–H groups in total. The molecule has 0 radical (unpaired) electrons. The molecule has 1 amide bonds. The number of hydrogen-bond acceptors (Lipinski definition) is 2. The summed E-state index contributed by atoms with van der Waals surface area (Å²) in [4.78, 5) is 14.5. The lowest BCUT2D eigenvalue weighted by molar-refractivity contribution is 0.0712. The van der Waals surface area contributed by atoms with E-state index in [1.165, 1.54) is 0 Å². The molecule has 0 bridgehead atoms. The number of aryl methyl sites for hydroxylation is 1. The normalized spacial score (nSPS) is 12.3. The van der Waals surface area contributed by atoms with Crippen molar-refractivity contribution in [3.8, 4) is 0 Å². The highest BCUT2D eigenvalue weighted by Crippen LogP contribution is 2.28. The van der Waals surface area contributed by atoms with E-state index in [1.807, 2.05) is 75.5 Å². The Morgan fingerprint density at radius 1 is 1.05 bits per heavy atom. The van der Waals surface area contributed by atoms with Crippen molar-refractivity contribution < 1.29 is 9.21 Å². The highest BCUT2D eigenvalue weighted by molar-refractivity contribution is 5.98. The fraction of sp³-hybridized carbons (Fsp3) is 0.211. The largest absolute Gasteiger partial charge is 0.451 e. The SMILES string of the molecule is Cc1c(C(=O)N(C)[C@H](C)c2ccccc2)oc2ccccc12. The number of carbonyl (C=O) groups is 1. The minimum Gasteiger partial charge on any atom is -0.451 e. The van der Waals surface area contributed by atoms with Crippen LogP contribution in [0.4, 0.5) is 0 Å². The molecule has 0 saturated carbocycles. The first-order chi connectivity index (χ1) is 10.6. The highest BCUT2D eigenvalue weighted by Gasteiger charge is 2.24. The Labute approximate surface area is 130 Å². The Kier molecular flexibility index (Phi) is 3.72. The Morgan fingerprint density at radius 2 is 1.68 bits per heavy atom. The van der Waals surface area contributed by atoms with Crippen molar-refractivity contribution in [2.24, 2.45) is 0 Å². The molecule has 3 rings (SSSR count). The number of para-hydroxylation sites is 1. The van der Waals surface area contributed by atoms with Crippen LogP contribution in [-0.4, -0.2) is 17.9 Å². The van der Waals surface area contributed by atoms with Crippen LogP contribution in [0.15, 0.2) is 59.0 Å². The number of hydrogen-bond donors (Lipinski definition) is 0. The van der Waals surface area contributed by atoms with Gasteiger partial charge in [0.1, 0.15) is 5.58 Å². The van der Waals surface area contributed by atoms with Gasteiger partial charge >= 0.3 is 0 Å². The topological polar surface area (TPSA) is 33.5 Å². The molecule has 0 aliphatic carbocycles. The molecular formula is C19H19NO2. The van der Waals surface area contributed by atoms with Gasteiger partial charge in [-0.3, -0.25) is 4.79 Å². The third-order valence-corrected chi connectivity index (χ3v) is 4.22. The number of fused-ring (bicyclic) bond motifs is 1. The third kappa shape index (κ3) is 2.39. The zero-order valence-electron chi connectivity index (χ0n) is 13.0. The zero-order chi connectivity index (χ0) is 15.7. The van der Waals surface area contributed by atoms with Crippen LogP contribution in [0.25, 0.3) is 11.0 Å². The van der Waals surface area contributed by atoms with Crippen molar-refractivity contribution in [3.05, 3.63) is 71.5 Å². The van der Waals surface area contributed by atoms with Crippen LogP contribution in [0.5, 0.6) is 0 Å². The van der Waals surface area contributed by atoms with Crippen molar-refractivity contribution in [3.63, 3.8) is 0 Å². The van der Waals surface area contributed by atoms with Crippen LogP contribution in [0.2, 0.25) is 0 Å². The first kappa shape index (κ1) is 14.4. The molecule has 22 heavy (non-hydrogen) atoms. The Morgan fingerprint density at radius 3 is 2.36 bits per heavy atom. The summed E-state index contributed by atoms with van der Waals surface area (Å²) in [6, 6.07) is 17.7. The number of furan rings is 1. The van der Waals surface area contributed by atoms with Gasteiger partial charge in [0.25, 0.3) is 5.91 Å². The average molecular weight is 293 g/mol. The number of amides is 1. The molecule has 0 aliphatic heterocycles. The number of benzene rings is 2. The summed E-state index contributed by atoms with van der Waals surface area (Å²) in [7, 11) is 1.81. The van der Waals surface area contributed by atoms with E-state index < -0.39 is 0 Å². The smallest absolute Gasteiger partial charge is 0.290 e. The van der Waals surface area contributed by atoms with Crippen LogP contribution < -0.4 is 0 Å². The lowest BCUT2D eigenvalue weighted by atomic mass is 10.1. The Balaban J connectivity index is 1.93. The van der Waals surface area contributed by atoms with E-state index in [0.717, 1.165) is 22.1 Å². The summed E-state index contributed by atoms with van der Waals surface area (Å²) in [6.07, 6.45) is 0. The maximum atomic E-state index is 12.8. The maximum Gasteiger partial charge on any atom is 0.290 e. The second kappa shape index (κ2) is 5.68. The molecule has 3 heteroatoms. The van der Waals surface area contributed by atoms with Gasteiger partial charge in [-0.05, 0) is 25.5 Å². The summed E-state index contributed by atoms with van der Waals surface area (Å²) in [6.45, 7) is 3.95. The summed E-state index contributed by atoms with van der Waals surface area (Å²) in [5.41, 5.74) is 2.75. The Bertz CT molecular complexity index is 805. The molecule has 2 aromatic carbocycles. The van der Waals surface area contributed by atoms with Crippen LogP contribution in [0, 0.1) is 6.92 Å². The second-order valence-electron chi connectivity index (χ2n) is 5.56. The van der Waals surface area contributed by atoms with E-state index in [2.05, 4.69) is 0 Å². The van der Waals surface area contributed by atoms with Gasteiger partial charge in [-0.25, -0.2) is 0 Å². The molecule has 0 unspecified atom stereocenters. The van der Waals surface area contributed by atoms with E-state index in [9.17, 15) is 4.79 Å². The predicted octanol–water partition coefficient (Wildman–Crippen LogP) is 4.57. The van der Waals surface area contributed by atoms with Gasteiger partial charge in [0.15, 0.2) is 5.76 Å². The summed E-state index contributed by atoms with van der Waals surface area (Å²) in [5, 5.41) is 0.992. The van der Waals surface area contributed by atoms with E-state index in [-0.39, 0.29) is 11.9 Å². The molecule has 1 heterocycles. The first-order valence-corrected chi connectivity index (χ1v) is 7.40. The van der Waals surface area contributed by atoms with Gasteiger partial charge < -0.3 is 9.32 Å². The van der Waals surface area contributed by atoms with Gasteiger partial charge in [0.2, 0.25) is 0 Å². The van der Waals surface area contributed by atoms with Crippen molar-refractivity contribution in [1.82, 2.24) is 4.90 Å². The quantitative estimate of drug-likeness (QED) is 0.708. The van der Waals surface area contributed by atoms with Crippen molar-refractivity contribution in [2.75, 3.05) is 7.05 Å². The summed E-state index contributed by atoms with van der Waals surface area (Å²) >= 11 is 0. The molecule has 0 saturated heterocycles. The standard InChI is InChI=1S/C19H19NO2/c1-13-16-11-7-8-12-17(16)22-18(13)19(21)20(3)14(2)15-9-5-4-6-10-15/h4-12,14H,1-3H3/t14-/m1/s1. The van der Waals surface area contributed by atoms with E-state index in [1.54, 1.807) is 4.90 Å². The second-order valence-corrected chi connectivity index (χ2v) is 5.56. The van der Waals surface area contributed by atoms with Crippen LogP contribution in [0.3, 0.4) is 0 Å². The molecule has 112 valence electrons. The minimum atomic E-state index is -0.0925. The predicted molar refractivity (Wildman–Crippen MR) is 87.9 cm³/mol. The summed E-state index contributed by atoms with van der Waals surface area (Å²) < 4.78 is 5.78. The monoisotopic (exact) mass is 293 g/mol. The Hall–Kier alpha value is -2.55. The van der Waals surface area contributed by atoms with Gasteiger partial charge in [-0.2, -0.15) is 0 Å². The molecule has 0 aliphatic rings. The van der Waals surface area contributed by atoms with Gasteiger partial charge in [0.05, 0.1) is 6.04 Å². The van der Waals surface area contributed by atoms with E-state index in [0.29, 0.717) is 5.76 Å². The molecule has 0 spiro atoms. The van der Waals surface area contributed by atoms with Crippen LogP contribution in [0.1, 0.15) is 34.6 Å². The fourth-order valence-electron chi connectivity index (χ4n) is 2.67. The van der Waals surface area contributed by atoms with E-state index in [4.69, 9.17) is 4.42 Å². The molecule has 0 fully saturated rings. The molecule has 1 aromatic heterocycles. The average Bonchev–Trinajstić information content (AvgIpc) is 2.91. The fourth-order valence-corrected chi connectivity index (χ4v) is 2.67. The van der Waals surface area contributed by atoms with Crippen molar-refractivity contribution in [1.29, 1.82) is 0 Å². The lowest BCUT2D eigenvalue weighted by Crippen LogP contribution is -2.29. The third-order valence-electron chi connectivity index (χ3n) is 4.22. The molecule has 3 nitrogen and oxygen atoms in total. The van der Waals surface area contributed by atoms with Crippen LogP contribution in [-0.2, 0) is 0 Å². The maximum absolute atomic E-state index is 12.8. The number of nitrogens with zero attached hydrogens (tertiary/aromatic N) is 1. The van der Waals surface area contributed by atoms with Crippen molar-refractivity contribution in [2.45, 2.75) is 19.9 Å². The molecule has 3 aromatic rings. The van der Waals surface area contributed by atoms with Gasteiger partial charge in [0, 0.05) is 18.0 Å². The number of rotatable bonds is 3. The molecular weight excluding hydrogens is 274 g/mol. The van der Waals surface area contributed by atoms with E-state index >= 15 is 0 Å². The first-order valence-electron chi connectivity index (χ1n) is 7.40. The minimum absolute atomic E-state index is 0.0127. The van der Waals surface area contributed by atoms with Crippen LogP contribution >= 0.6 is 0 Å². The lowest BCUT2D eigenvalue weighted by Gasteiger charge is -2.24. The van der Waals surface area contributed by atoms with Gasteiger partial charge in [-0.1, -0.05) is 48.5 Å². The number of carbonyl (C=O) groups excluding carboxylic acids is 1. The highest BCUT2D eigenvalue weighted by atomic mass is 16.3. The molecule has 1 atom stereocenters. The summed E-state index contributed by atoms with van der Waals surface area (Å²) in [5.74, 6) is 0.330.